The van der Waals surface area contributed by atoms with Crippen LogP contribution in [0.1, 0.15) is 0 Å². The Balaban J connectivity index is -0.0000000326. The monoisotopic (exact) mass is 190 g/mol. The molecule has 7 heteroatoms. The van der Waals surface area contributed by atoms with Gasteiger partial charge in [0, 0.05) is 0 Å². The fourth-order valence-electron chi connectivity index (χ4n) is 0. The van der Waals surface area contributed by atoms with E-state index in [0.717, 1.165) is 6.08 Å². The minimum atomic E-state index is -1.75. The fraction of sp³-hybridized carbons (Fsp3) is 0. The van der Waals surface area contributed by atoms with Gasteiger partial charge >= 0.3 is 52.3 Å². The van der Waals surface area contributed by atoms with Gasteiger partial charge in [0.1, 0.15) is 0 Å². The SMILES string of the molecule is C=CC(N)=O.Cl.[NaH].[O]=[Al-]=[O]. The van der Waals surface area contributed by atoms with Crippen LogP contribution < -0.4 is 5.73 Å². The van der Waals surface area contributed by atoms with Crippen molar-refractivity contribution in [3.63, 3.8) is 0 Å². The third-order valence-electron chi connectivity index (χ3n) is 0.201. The maximum absolute atomic E-state index is 9.47. The van der Waals surface area contributed by atoms with E-state index in [4.69, 9.17) is 7.61 Å². The van der Waals surface area contributed by atoms with Crippen LogP contribution in [0.15, 0.2) is 12.7 Å². The van der Waals surface area contributed by atoms with E-state index in [0.29, 0.717) is 0 Å². The van der Waals surface area contributed by atoms with Gasteiger partial charge in [0.2, 0.25) is 5.91 Å². The summed E-state index contributed by atoms with van der Waals surface area (Å²) in [5.74, 6) is -0.481. The molecule has 10 heavy (non-hydrogen) atoms. The molecule has 0 saturated heterocycles. The van der Waals surface area contributed by atoms with E-state index < -0.39 is 21.0 Å². The van der Waals surface area contributed by atoms with Crippen molar-refractivity contribution in [3.8, 4) is 0 Å². The van der Waals surface area contributed by atoms with Crippen molar-refractivity contribution in [2.45, 2.75) is 0 Å². The number of carbonyl (C=O) groups excluding carboxylic acids is 1. The Labute approximate surface area is 93.1 Å². The van der Waals surface area contributed by atoms with Gasteiger partial charge in [-0.15, -0.1) is 12.4 Å². The van der Waals surface area contributed by atoms with E-state index in [1.54, 1.807) is 0 Å². The summed E-state index contributed by atoms with van der Waals surface area (Å²) in [5.41, 5.74) is 4.53. The number of rotatable bonds is 1. The van der Waals surface area contributed by atoms with Crippen molar-refractivity contribution in [3.05, 3.63) is 12.7 Å². The molecule has 0 unspecified atom stereocenters. The summed E-state index contributed by atoms with van der Waals surface area (Å²) in [4.78, 5) is 9.47. The summed E-state index contributed by atoms with van der Waals surface area (Å²) in [6.45, 7) is 3.09. The first kappa shape index (κ1) is 22.4. The summed E-state index contributed by atoms with van der Waals surface area (Å²) in [7, 11) is 0. The van der Waals surface area contributed by atoms with Gasteiger partial charge in [-0.3, -0.25) is 4.79 Å². The Kier molecular flexibility index (Phi) is 50.7. The first-order valence-electron chi connectivity index (χ1n) is 1.66. The third kappa shape index (κ3) is 72.6. The van der Waals surface area contributed by atoms with Crippen LogP contribution in [0.3, 0.4) is 0 Å². The Hall–Kier alpha value is 0.632. The normalized spacial score (nSPS) is 4.00. The number of carbonyl (C=O) groups is 1. The Morgan fingerprint density at radius 2 is 1.60 bits per heavy atom. The van der Waals surface area contributed by atoms with Gasteiger partial charge in [0.15, 0.2) is 0 Å². The average Bonchev–Trinajstić information content (AvgIpc) is 1.69. The molecule has 1 amide bonds. The second kappa shape index (κ2) is 22.6. The molecule has 0 heterocycles. The zero-order chi connectivity index (χ0) is 6.99. The van der Waals surface area contributed by atoms with E-state index in [2.05, 4.69) is 12.3 Å². The van der Waals surface area contributed by atoms with Crippen molar-refractivity contribution < 1.29 is 12.4 Å². The van der Waals surface area contributed by atoms with Crippen LogP contribution in [0.5, 0.6) is 0 Å². The number of nitrogens with two attached hydrogens (primary N) is 1. The van der Waals surface area contributed by atoms with Gasteiger partial charge in [0.05, 0.1) is 0 Å². The molecule has 0 fully saturated rings. The van der Waals surface area contributed by atoms with Gasteiger partial charge in [-0.1, -0.05) is 6.58 Å². The molecule has 0 spiro atoms. The molecule has 4 nitrogen and oxygen atoms in total. The van der Waals surface area contributed by atoms with Gasteiger partial charge in [0.25, 0.3) is 0 Å². The third-order valence-corrected chi connectivity index (χ3v) is 0.201. The summed E-state index contributed by atoms with van der Waals surface area (Å²) < 4.78 is 16.9. The number of amides is 1. The minimum absolute atomic E-state index is 0. The zero-order valence-electron chi connectivity index (χ0n) is 4.57. The van der Waals surface area contributed by atoms with Crippen molar-refractivity contribution >= 4 is 63.0 Å². The maximum atomic E-state index is 9.47. The molecule has 54 valence electrons. The fourth-order valence-corrected chi connectivity index (χ4v) is 0. The Bertz CT molecular complexity index is 125. The van der Waals surface area contributed by atoms with Crippen LogP contribution in [0.2, 0.25) is 0 Å². The molecular formula is C3H7AlClNNaO3-. The van der Waals surface area contributed by atoms with E-state index in [-0.39, 0.29) is 42.0 Å². The molecule has 2 N–H and O–H groups in total. The molecule has 0 aromatic heterocycles. The van der Waals surface area contributed by atoms with E-state index in [1.165, 1.54) is 0 Å². The first-order valence-corrected chi connectivity index (χ1v) is 2.60. The molecule has 0 bridgehead atoms. The van der Waals surface area contributed by atoms with Gasteiger partial charge in [-0.25, -0.2) is 0 Å². The van der Waals surface area contributed by atoms with Crippen LogP contribution in [-0.4, -0.2) is 50.6 Å². The second-order valence-electron chi connectivity index (χ2n) is 0.703. The second-order valence-corrected chi connectivity index (χ2v) is 0.895. The van der Waals surface area contributed by atoms with Gasteiger partial charge in [-0.2, -0.15) is 0 Å². The predicted molar refractivity (Wildman–Crippen MR) is 40.9 cm³/mol. The topological polar surface area (TPSA) is 77.2 Å². The molecule has 0 aromatic rings. The number of primary amides is 1. The number of hydrogen-bond donors (Lipinski definition) is 1. The summed E-state index contributed by atoms with van der Waals surface area (Å²) >= 11 is -1.75. The molecule has 0 aliphatic heterocycles. The van der Waals surface area contributed by atoms with E-state index in [9.17, 15) is 4.79 Å². The van der Waals surface area contributed by atoms with Gasteiger partial charge < -0.3 is 5.73 Å². The molecule has 0 aromatic carbocycles. The average molecular weight is 191 g/mol. The quantitative estimate of drug-likeness (QED) is 0.417. The molecule has 0 atom stereocenters. The van der Waals surface area contributed by atoms with Crippen LogP contribution in [0.4, 0.5) is 0 Å². The van der Waals surface area contributed by atoms with Crippen molar-refractivity contribution in [1.29, 1.82) is 0 Å². The first-order chi connectivity index (χ1) is 3.68. The van der Waals surface area contributed by atoms with Crippen molar-refractivity contribution in [1.82, 2.24) is 0 Å². The molecule has 0 rings (SSSR count). The zero-order valence-corrected chi connectivity index (χ0v) is 6.54. The summed E-state index contributed by atoms with van der Waals surface area (Å²) in [6.07, 6.45) is 1.06. The Morgan fingerprint density at radius 1 is 1.50 bits per heavy atom. The van der Waals surface area contributed by atoms with Crippen LogP contribution in [0.25, 0.3) is 0 Å². The number of hydrogen-bond acceptors (Lipinski definition) is 3. The summed E-state index contributed by atoms with van der Waals surface area (Å²) in [5, 5.41) is 0. The van der Waals surface area contributed by atoms with Gasteiger partial charge in [-0.05, 0) is 6.08 Å². The van der Waals surface area contributed by atoms with Crippen LogP contribution >= 0.6 is 12.4 Å². The van der Waals surface area contributed by atoms with Crippen molar-refractivity contribution in [2.24, 2.45) is 5.73 Å². The molecule has 0 aliphatic carbocycles. The predicted octanol–water partition coefficient (Wildman–Crippen LogP) is -1.19. The standard InChI is InChI=1S/C3H5NO.Al.ClH.Na.2O.H/c1-2-3(4)5;;;;;;/h2H,1H2,(H2,4,5);;1H;;;;/q;-1;;;;;. The van der Waals surface area contributed by atoms with E-state index in [1.807, 2.05) is 0 Å². The Morgan fingerprint density at radius 3 is 1.60 bits per heavy atom. The van der Waals surface area contributed by atoms with E-state index >= 15 is 0 Å². The molecule has 0 radical (unpaired) electrons. The molecular weight excluding hydrogens is 183 g/mol. The summed E-state index contributed by atoms with van der Waals surface area (Å²) in [6, 6.07) is 0. The van der Waals surface area contributed by atoms with Crippen LogP contribution in [0, 0.1) is 0 Å². The molecule has 0 aliphatic rings. The molecule has 0 saturated carbocycles. The van der Waals surface area contributed by atoms with Crippen LogP contribution in [-0.2, 0) is 12.4 Å². The number of halogens is 1. The van der Waals surface area contributed by atoms with Crippen molar-refractivity contribution in [2.75, 3.05) is 0 Å².